The molecular weight excluding hydrogens is 342 g/mol. The fraction of sp³-hybridized carbons (Fsp3) is 0.222. The molecule has 1 unspecified atom stereocenters. The maximum absolute atomic E-state index is 6.20. The maximum Gasteiger partial charge on any atom is 0.191 e. The van der Waals surface area contributed by atoms with Crippen molar-refractivity contribution in [1.82, 2.24) is 14.8 Å². The van der Waals surface area contributed by atoms with Gasteiger partial charge in [0.1, 0.15) is 5.75 Å². The predicted molar refractivity (Wildman–Crippen MR) is 97.5 cm³/mol. The zero-order valence-electron chi connectivity index (χ0n) is 13.5. The molecule has 24 heavy (non-hydrogen) atoms. The Morgan fingerprint density at radius 1 is 1.08 bits per heavy atom. The predicted octanol–water partition coefficient (Wildman–Crippen LogP) is 4.90. The number of halogens is 1. The quantitative estimate of drug-likeness (QED) is 0.587. The Morgan fingerprint density at radius 3 is 2.54 bits per heavy atom. The Balaban J connectivity index is 1.68. The summed E-state index contributed by atoms with van der Waals surface area (Å²) in [4.78, 5) is 0. The number of nitrogens with zero attached hydrogens (tertiary/aromatic N) is 3. The average Bonchev–Trinajstić information content (AvgIpc) is 2.96. The Kier molecular flexibility index (Phi) is 5.43. The van der Waals surface area contributed by atoms with E-state index in [4.69, 9.17) is 16.3 Å². The van der Waals surface area contributed by atoms with E-state index in [1.165, 1.54) is 0 Å². The number of aromatic nitrogens is 3. The van der Waals surface area contributed by atoms with Gasteiger partial charge >= 0.3 is 0 Å². The standard InChI is InChI=1S/C18H18ClN3OS/c1-13(23-15-9-4-3-5-10-15)17-20-21-18(22(17)2)24-12-14-8-6-7-11-16(14)19/h3-11,13H,12H2,1-2H3. The molecule has 0 aliphatic carbocycles. The molecule has 0 radical (unpaired) electrons. The molecule has 0 bridgehead atoms. The summed E-state index contributed by atoms with van der Waals surface area (Å²) >= 11 is 7.81. The van der Waals surface area contributed by atoms with Gasteiger partial charge in [-0.05, 0) is 30.7 Å². The largest absolute Gasteiger partial charge is 0.483 e. The lowest BCUT2D eigenvalue weighted by Gasteiger charge is -2.14. The highest BCUT2D eigenvalue weighted by Crippen LogP contribution is 2.27. The van der Waals surface area contributed by atoms with E-state index in [2.05, 4.69) is 10.2 Å². The summed E-state index contributed by atoms with van der Waals surface area (Å²) in [6.07, 6.45) is -0.181. The van der Waals surface area contributed by atoms with Crippen LogP contribution < -0.4 is 4.74 Å². The van der Waals surface area contributed by atoms with Crippen molar-refractivity contribution in [3.8, 4) is 5.75 Å². The summed E-state index contributed by atoms with van der Waals surface area (Å²) < 4.78 is 7.89. The average molecular weight is 360 g/mol. The van der Waals surface area contributed by atoms with Crippen LogP contribution >= 0.6 is 23.4 Å². The van der Waals surface area contributed by atoms with Crippen molar-refractivity contribution >= 4 is 23.4 Å². The summed E-state index contributed by atoms with van der Waals surface area (Å²) in [6, 6.07) is 17.6. The third-order valence-corrected chi connectivity index (χ3v) is 5.04. The third-order valence-electron chi connectivity index (χ3n) is 3.60. The van der Waals surface area contributed by atoms with E-state index < -0.39 is 0 Å². The number of para-hydroxylation sites is 1. The van der Waals surface area contributed by atoms with E-state index in [1.807, 2.05) is 73.1 Å². The molecule has 1 aromatic heterocycles. The van der Waals surface area contributed by atoms with E-state index in [-0.39, 0.29) is 6.10 Å². The van der Waals surface area contributed by atoms with Crippen molar-refractivity contribution in [3.05, 3.63) is 71.0 Å². The topological polar surface area (TPSA) is 39.9 Å². The third kappa shape index (κ3) is 3.91. The summed E-state index contributed by atoms with van der Waals surface area (Å²) in [5.41, 5.74) is 1.09. The molecule has 0 spiro atoms. The van der Waals surface area contributed by atoms with Crippen LogP contribution in [0.2, 0.25) is 5.02 Å². The Morgan fingerprint density at radius 2 is 1.79 bits per heavy atom. The summed E-state index contributed by atoms with van der Waals surface area (Å²) in [6.45, 7) is 1.97. The zero-order valence-corrected chi connectivity index (χ0v) is 15.1. The minimum absolute atomic E-state index is 0.181. The molecule has 3 aromatic rings. The van der Waals surface area contributed by atoms with Gasteiger partial charge in [-0.3, -0.25) is 0 Å². The number of hydrogen-bond donors (Lipinski definition) is 0. The molecule has 0 amide bonds. The van der Waals surface area contributed by atoms with Gasteiger partial charge in [0.15, 0.2) is 17.1 Å². The van der Waals surface area contributed by atoms with Gasteiger partial charge in [0, 0.05) is 17.8 Å². The van der Waals surface area contributed by atoms with Crippen LogP contribution in [0.25, 0.3) is 0 Å². The number of ether oxygens (including phenoxy) is 1. The molecule has 0 aliphatic rings. The second-order valence-electron chi connectivity index (χ2n) is 5.35. The highest BCUT2D eigenvalue weighted by atomic mass is 35.5. The number of benzene rings is 2. The Labute approximate surface area is 150 Å². The Hall–Kier alpha value is -1.98. The molecule has 1 atom stereocenters. The Bertz CT molecular complexity index is 807. The molecule has 0 fully saturated rings. The van der Waals surface area contributed by atoms with Crippen molar-refractivity contribution in [2.75, 3.05) is 0 Å². The molecule has 0 saturated heterocycles. The van der Waals surface area contributed by atoms with Gasteiger partial charge in [0.2, 0.25) is 0 Å². The first-order chi connectivity index (χ1) is 11.6. The molecule has 1 heterocycles. The lowest BCUT2D eigenvalue weighted by atomic mass is 10.2. The van der Waals surface area contributed by atoms with Crippen molar-refractivity contribution in [2.45, 2.75) is 23.9 Å². The van der Waals surface area contributed by atoms with Crippen molar-refractivity contribution in [1.29, 1.82) is 0 Å². The normalized spacial score (nSPS) is 12.1. The zero-order chi connectivity index (χ0) is 16.9. The molecule has 0 N–H and O–H groups in total. The fourth-order valence-corrected chi connectivity index (χ4v) is 3.52. The first-order valence-electron chi connectivity index (χ1n) is 7.62. The first-order valence-corrected chi connectivity index (χ1v) is 8.98. The molecule has 4 nitrogen and oxygen atoms in total. The van der Waals surface area contributed by atoms with Crippen LogP contribution in [0, 0.1) is 0 Å². The summed E-state index contributed by atoms with van der Waals surface area (Å²) in [5.74, 6) is 2.36. The van der Waals surface area contributed by atoms with Crippen molar-refractivity contribution < 1.29 is 4.74 Å². The minimum atomic E-state index is -0.181. The monoisotopic (exact) mass is 359 g/mol. The van der Waals surface area contributed by atoms with E-state index >= 15 is 0 Å². The lowest BCUT2D eigenvalue weighted by Crippen LogP contribution is -2.10. The van der Waals surface area contributed by atoms with Crippen LogP contribution in [0.15, 0.2) is 59.8 Å². The van der Waals surface area contributed by atoms with Crippen molar-refractivity contribution in [2.24, 2.45) is 7.05 Å². The SMILES string of the molecule is CC(Oc1ccccc1)c1nnc(SCc2ccccc2Cl)n1C. The number of hydrogen-bond acceptors (Lipinski definition) is 4. The second kappa shape index (κ2) is 7.73. The van der Waals surface area contributed by atoms with Crippen LogP contribution in [0.4, 0.5) is 0 Å². The van der Waals surface area contributed by atoms with E-state index in [0.29, 0.717) is 0 Å². The van der Waals surface area contributed by atoms with Crippen LogP contribution in [0.5, 0.6) is 5.75 Å². The van der Waals surface area contributed by atoms with E-state index in [9.17, 15) is 0 Å². The van der Waals surface area contributed by atoms with Gasteiger partial charge in [-0.15, -0.1) is 10.2 Å². The van der Waals surface area contributed by atoms with Crippen LogP contribution in [-0.2, 0) is 12.8 Å². The van der Waals surface area contributed by atoms with Crippen LogP contribution in [0.1, 0.15) is 24.4 Å². The number of rotatable bonds is 6. The fourth-order valence-electron chi connectivity index (χ4n) is 2.32. The van der Waals surface area contributed by atoms with E-state index in [1.54, 1.807) is 11.8 Å². The molecule has 6 heteroatoms. The van der Waals surface area contributed by atoms with E-state index in [0.717, 1.165) is 33.1 Å². The molecule has 0 saturated carbocycles. The first kappa shape index (κ1) is 16.9. The minimum Gasteiger partial charge on any atom is -0.483 e. The van der Waals surface area contributed by atoms with Crippen LogP contribution in [0.3, 0.4) is 0 Å². The van der Waals surface area contributed by atoms with Gasteiger partial charge < -0.3 is 9.30 Å². The van der Waals surface area contributed by atoms with Crippen molar-refractivity contribution in [3.63, 3.8) is 0 Å². The smallest absolute Gasteiger partial charge is 0.191 e. The molecule has 0 aliphatic heterocycles. The molecule has 2 aromatic carbocycles. The van der Waals surface area contributed by atoms with Gasteiger partial charge in [-0.1, -0.05) is 59.8 Å². The van der Waals surface area contributed by atoms with Crippen LogP contribution in [-0.4, -0.2) is 14.8 Å². The van der Waals surface area contributed by atoms with Gasteiger partial charge in [-0.2, -0.15) is 0 Å². The summed E-state index contributed by atoms with van der Waals surface area (Å²) in [5, 5.41) is 10.2. The molecule has 3 rings (SSSR count). The summed E-state index contributed by atoms with van der Waals surface area (Å²) in [7, 11) is 1.95. The van der Waals surface area contributed by atoms with Gasteiger partial charge in [0.25, 0.3) is 0 Å². The molecular formula is C18H18ClN3OS. The molecule has 124 valence electrons. The van der Waals surface area contributed by atoms with Gasteiger partial charge in [0.05, 0.1) is 0 Å². The maximum atomic E-state index is 6.20. The second-order valence-corrected chi connectivity index (χ2v) is 6.70. The highest BCUT2D eigenvalue weighted by Gasteiger charge is 2.17. The number of thioether (sulfide) groups is 1. The van der Waals surface area contributed by atoms with Gasteiger partial charge in [-0.25, -0.2) is 0 Å². The lowest BCUT2D eigenvalue weighted by molar-refractivity contribution is 0.211. The highest BCUT2D eigenvalue weighted by molar-refractivity contribution is 7.98.